The van der Waals surface area contributed by atoms with Gasteiger partial charge in [0.15, 0.2) is 10.8 Å². The first-order valence-electron chi connectivity index (χ1n) is 6.32. The van der Waals surface area contributed by atoms with E-state index in [4.69, 9.17) is 0 Å². The standard InChI is InChI=1S/C14H11FN2O3S/c1-8(18)13-7-12(17(19)20)14(21-13)16-5-4-9-2-3-10(15)6-11(9)16/h2-3,6-7H,4-5H2,1H3. The molecule has 0 fully saturated rings. The number of hydrogen-bond acceptors (Lipinski definition) is 5. The van der Waals surface area contributed by atoms with Crippen LogP contribution in [0.15, 0.2) is 24.3 Å². The van der Waals surface area contributed by atoms with E-state index in [1.54, 1.807) is 11.0 Å². The van der Waals surface area contributed by atoms with Gasteiger partial charge in [-0.15, -0.1) is 11.3 Å². The van der Waals surface area contributed by atoms with E-state index in [1.807, 2.05) is 0 Å². The van der Waals surface area contributed by atoms with Gasteiger partial charge in [0, 0.05) is 18.3 Å². The molecule has 0 bridgehead atoms. The highest BCUT2D eigenvalue weighted by Crippen LogP contribution is 2.44. The van der Waals surface area contributed by atoms with Crippen molar-refractivity contribution in [3.8, 4) is 0 Å². The normalized spacial score (nSPS) is 13.3. The summed E-state index contributed by atoms with van der Waals surface area (Å²) in [5.41, 5.74) is 1.47. The topological polar surface area (TPSA) is 63.4 Å². The monoisotopic (exact) mass is 306 g/mol. The molecule has 3 rings (SSSR count). The molecule has 0 amide bonds. The van der Waals surface area contributed by atoms with Crippen molar-refractivity contribution < 1.29 is 14.1 Å². The van der Waals surface area contributed by atoms with E-state index in [0.717, 1.165) is 16.9 Å². The number of nitrogens with zero attached hydrogens (tertiary/aromatic N) is 2. The largest absolute Gasteiger partial charge is 0.327 e. The second kappa shape index (κ2) is 4.92. The molecule has 2 heterocycles. The third-order valence-electron chi connectivity index (χ3n) is 3.43. The van der Waals surface area contributed by atoms with Crippen LogP contribution >= 0.6 is 11.3 Å². The lowest BCUT2D eigenvalue weighted by Gasteiger charge is -2.16. The Morgan fingerprint density at radius 3 is 2.86 bits per heavy atom. The van der Waals surface area contributed by atoms with Gasteiger partial charge >= 0.3 is 5.69 Å². The fraction of sp³-hybridized carbons (Fsp3) is 0.214. The maximum absolute atomic E-state index is 13.4. The number of ketones is 1. The SMILES string of the molecule is CC(=O)c1cc([N+](=O)[O-])c(N2CCc3ccc(F)cc32)s1. The lowest BCUT2D eigenvalue weighted by atomic mass is 10.2. The third-order valence-corrected chi connectivity index (χ3v) is 4.67. The van der Waals surface area contributed by atoms with E-state index < -0.39 is 4.92 Å². The van der Waals surface area contributed by atoms with E-state index in [1.165, 1.54) is 25.1 Å². The smallest absolute Gasteiger partial charge is 0.304 e. The lowest BCUT2D eigenvalue weighted by molar-refractivity contribution is -0.383. The summed E-state index contributed by atoms with van der Waals surface area (Å²) in [6.07, 6.45) is 0.695. The fourth-order valence-corrected chi connectivity index (χ4v) is 3.49. The average Bonchev–Trinajstić information content (AvgIpc) is 3.01. The molecule has 21 heavy (non-hydrogen) atoms. The minimum atomic E-state index is -0.504. The van der Waals surface area contributed by atoms with Gasteiger partial charge in [-0.2, -0.15) is 0 Å². The summed E-state index contributed by atoms with van der Waals surface area (Å²) in [6, 6.07) is 5.74. The molecule has 0 saturated carbocycles. The molecule has 0 radical (unpaired) electrons. The van der Waals surface area contributed by atoms with Crippen molar-refractivity contribution in [3.63, 3.8) is 0 Å². The number of benzene rings is 1. The summed E-state index contributed by atoms with van der Waals surface area (Å²) in [5, 5.41) is 11.6. The van der Waals surface area contributed by atoms with Crippen LogP contribution in [0.3, 0.4) is 0 Å². The molecule has 0 N–H and O–H groups in total. The Morgan fingerprint density at radius 1 is 1.43 bits per heavy atom. The minimum absolute atomic E-state index is 0.109. The van der Waals surface area contributed by atoms with Crippen LogP contribution < -0.4 is 4.90 Å². The molecule has 1 aliphatic heterocycles. The molecule has 0 aliphatic carbocycles. The van der Waals surface area contributed by atoms with E-state index in [9.17, 15) is 19.3 Å². The summed E-state index contributed by atoms with van der Waals surface area (Å²) in [7, 11) is 0. The number of rotatable bonds is 3. The fourth-order valence-electron chi connectivity index (χ4n) is 2.43. The number of halogens is 1. The van der Waals surface area contributed by atoms with Gasteiger partial charge in [-0.05, 0) is 31.0 Å². The van der Waals surface area contributed by atoms with Crippen LogP contribution in [-0.4, -0.2) is 17.3 Å². The predicted octanol–water partition coefficient (Wildman–Crippen LogP) is 3.69. The van der Waals surface area contributed by atoms with Crippen molar-refractivity contribution in [3.05, 3.63) is 50.6 Å². The molecule has 108 valence electrons. The van der Waals surface area contributed by atoms with Crippen LogP contribution in [0.5, 0.6) is 0 Å². The number of carbonyl (C=O) groups is 1. The molecule has 1 aromatic carbocycles. The first kappa shape index (κ1) is 13.7. The number of fused-ring (bicyclic) bond motifs is 1. The molecule has 0 unspecified atom stereocenters. The Balaban J connectivity index is 2.12. The summed E-state index contributed by atoms with van der Waals surface area (Å²) in [5.74, 6) is -0.598. The summed E-state index contributed by atoms with van der Waals surface area (Å²) in [4.78, 5) is 24.2. The first-order chi connectivity index (χ1) is 9.97. The summed E-state index contributed by atoms with van der Waals surface area (Å²) >= 11 is 1.07. The highest BCUT2D eigenvalue weighted by molar-refractivity contribution is 7.18. The van der Waals surface area contributed by atoms with Gasteiger partial charge in [0.2, 0.25) is 0 Å². The van der Waals surface area contributed by atoms with Crippen molar-refractivity contribution in [2.75, 3.05) is 11.4 Å². The Labute approximate surface area is 123 Å². The number of anilines is 2. The molecule has 0 saturated heterocycles. The van der Waals surface area contributed by atoms with Gasteiger partial charge in [0.25, 0.3) is 0 Å². The number of Topliss-reactive ketones (excluding diaryl/α,β-unsaturated/α-hetero) is 1. The Morgan fingerprint density at radius 2 is 2.19 bits per heavy atom. The minimum Gasteiger partial charge on any atom is -0.327 e. The van der Waals surface area contributed by atoms with E-state index in [-0.39, 0.29) is 17.3 Å². The molecular formula is C14H11FN2O3S. The van der Waals surface area contributed by atoms with Crippen molar-refractivity contribution in [2.45, 2.75) is 13.3 Å². The van der Waals surface area contributed by atoms with Gasteiger partial charge in [0.1, 0.15) is 5.82 Å². The first-order valence-corrected chi connectivity index (χ1v) is 7.14. The second-order valence-electron chi connectivity index (χ2n) is 4.79. The number of hydrogen-bond donors (Lipinski definition) is 0. The van der Waals surface area contributed by atoms with E-state index in [0.29, 0.717) is 28.5 Å². The Hall–Kier alpha value is -2.28. The van der Waals surface area contributed by atoms with E-state index >= 15 is 0 Å². The molecule has 5 nitrogen and oxygen atoms in total. The predicted molar refractivity (Wildman–Crippen MR) is 78.1 cm³/mol. The molecule has 0 atom stereocenters. The van der Waals surface area contributed by atoms with Crippen molar-refractivity contribution in [1.82, 2.24) is 0 Å². The zero-order valence-electron chi connectivity index (χ0n) is 11.1. The summed E-state index contributed by atoms with van der Waals surface area (Å²) in [6.45, 7) is 1.91. The lowest BCUT2D eigenvalue weighted by Crippen LogP contribution is -2.13. The molecule has 1 aromatic heterocycles. The van der Waals surface area contributed by atoms with Crippen LogP contribution in [0.2, 0.25) is 0 Å². The highest BCUT2D eigenvalue weighted by Gasteiger charge is 2.30. The van der Waals surface area contributed by atoms with Crippen LogP contribution in [0, 0.1) is 15.9 Å². The quantitative estimate of drug-likeness (QED) is 0.493. The van der Waals surface area contributed by atoms with Crippen molar-refractivity contribution >= 4 is 33.5 Å². The molecule has 0 spiro atoms. The number of nitro groups is 1. The van der Waals surface area contributed by atoms with Crippen LogP contribution in [-0.2, 0) is 6.42 Å². The number of thiophene rings is 1. The highest BCUT2D eigenvalue weighted by atomic mass is 32.1. The maximum Gasteiger partial charge on any atom is 0.304 e. The van der Waals surface area contributed by atoms with E-state index in [2.05, 4.69) is 0 Å². The zero-order chi connectivity index (χ0) is 15.1. The van der Waals surface area contributed by atoms with Crippen LogP contribution in [0.4, 0.5) is 20.8 Å². The van der Waals surface area contributed by atoms with Gasteiger partial charge in [-0.25, -0.2) is 4.39 Å². The van der Waals surface area contributed by atoms with Gasteiger partial charge in [-0.3, -0.25) is 14.9 Å². The molecule has 7 heteroatoms. The molecule has 2 aromatic rings. The van der Waals surface area contributed by atoms with Gasteiger partial charge in [0.05, 0.1) is 9.80 Å². The Bertz CT molecular complexity index is 757. The third kappa shape index (κ3) is 2.29. The van der Waals surface area contributed by atoms with Crippen LogP contribution in [0.1, 0.15) is 22.2 Å². The molecule has 1 aliphatic rings. The second-order valence-corrected chi connectivity index (χ2v) is 5.82. The van der Waals surface area contributed by atoms with Gasteiger partial charge in [-0.1, -0.05) is 6.07 Å². The number of carbonyl (C=O) groups excluding carboxylic acids is 1. The van der Waals surface area contributed by atoms with Crippen LogP contribution in [0.25, 0.3) is 0 Å². The Kier molecular flexibility index (Phi) is 3.21. The average molecular weight is 306 g/mol. The maximum atomic E-state index is 13.4. The van der Waals surface area contributed by atoms with Crippen molar-refractivity contribution in [2.24, 2.45) is 0 Å². The van der Waals surface area contributed by atoms with Gasteiger partial charge < -0.3 is 4.90 Å². The summed E-state index contributed by atoms with van der Waals surface area (Å²) < 4.78 is 13.4. The van der Waals surface area contributed by atoms with Crippen molar-refractivity contribution in [1.29, 1.82) is 0 Å². The molecular weight excluding hydrogens is 295 g/mol. The zero-order valence-corrected chi connectivity index (χ0v) is 11.9.